The lowest BCUT2D eigenvalue weighted by Gasteiger charge is -2.32. The molecule has 1 nitrogen and oxygen atoms in total. The van der Waals surface area contributed by atoms with Crippen molar-refractivity contribution in [1.82, 2.24) is 0 Å². The largest absolute Gasteiger partial charge is 0.491 e. The number of aryl methyl sites for hydroxylation is 2. The maximum absolute atomic E-state index is 5.89. The Labute approximate surface area is 177 Å². The SMILES string of the molecule is CC(C)(C)S.CCC(CC)(c1ccc(OC(C)C)c(C)c1)c1cc(C)cs1. The van der Waals surface area contributed by atoms with Gasteiger partial charge < -0.3 is 4.74 Å². The summed E-state index contributed by atoms with van der Waals surface area (Å²) in [6.07, 6.45) is 2.45. The molecule has 0 aliphatic rings. The predicted octanol–water partition coefficient (Wildman–Crippen LogP) is 7.97. The van der Waals surface area contributed by atoms with Crippen LogP contribution in [0.15, 0.2) is 29.6 Å². The zero-order chi connectivity index (χ0) is 20.8. The van der Waals surface area contributed by atoms with E-state index in [9.17, 15) is 0 Å². The van der Waals surface area contributed by atoms with Gasteiger partial charge in [-0.15, -0.1) is 11.3 Å². The summed E-state index contributed by atoms with van der Waals surface area (Å²) in [7, 11) is 0. The molecule has 0 bridgehead atoms. The second-order valence-corrected chi connectivity index (χ2v) is 10.8. The monoisotopic (exact) mass is 406 g/mol. The van der Waals surface area contributed by atoms with E-state index in [1.807, 2.05) is 11.3 Å². The van der Waals surface area contributed by atoms with E-state index in [1.54, 1.807) is 0 Å². The third-order valence-electron chi connectivity index (χ3n) is 4.50. The van der Waals surface area contributed by atoms with Crippen LogP contribution >= 0.6 is 24.0 Å². The molecule has 0 fully saturated rings. The minimum Gasteiger partial charge on any atom is -0.491 e. The molecule has 2 aromatic rings. The predicted molar refractivity (Wildman–Crippen MR) is 126 cm³/mol. The summed E-state index contributed by atoms with van der Waals surface area (Å²) in [6, 6.07) is 9.07. The van der Waals surface area contributed by atoms with Gasteiger partial charge in [-0.05, 0) is 74.7 Å². The number of benzene rings is 1. The molecule has 1 heterocycles. The highest BCUT2D eigenvalue weighted by atomic mass is 32.1. The van der Waals surface area contributed by atoms with E-state index in [0.717, 1.165) is 18.6 Å². The minimum absolute atomic E-state index is 0.125. The van der Waals surface area contributed by atoms with Crippen LogP contribution in [0.4, 0.5) is 0 Å². The van der Waals surface area contributed by atoms with Crippen molar-refractivity contribution < 1.29 is 4.74 Å². The summed E-state index contributed by atoms with van der Waals surface area (Å²) >= 11 is 6.01. The van der Waals surface area contributed by atoms with Gasteiger partial charge in [-0.2, -0.15) is 12.6 Å². The van der Waals surface area contributed by atoms with Gasteiger partial charge in [-0.25, -0.2) is 0 Å². The van der Waals surface area contributed by atoms with E-state index in [2.05, 4.69) is 105 Å². The van der Waals surface area contributed by atoms with E-state index < -0.39 is 0 Å². The third-order valence-corrected chi connectivity index (χ3v) is 5.75. The van der Waals surface area contributed by atoms with E-state index in [0.29, 0.717) is 0 Å². The molecule has 0 atom stereocenters. The maximum atomic E-state index is 5.89. The van der Waals surface area contributed by atoms with Gasteiger partial charge in [-0.1, -0.05) is 46.8 Å². The lowest BCUT2D eigenvalue weighted by molar-refractivity contribution is 0.240. The van der Waals surface area contributed by atoms with Crippen molar-refractivity contribution in [2.24, 2.45) is 0 Å². The van der Waals surface area contributed by atoms with Crippen molar-refractivity contribution in [3.63, 3.8) is 0 Å². The Kier molecular flexibility index (Phi) is 8.95. The molecule has 0 spiro atoms. The van der Waals surface area contributed by atoms with Crippen molar-refractivity contribution in [1.29, 1.82) is 0 Å². The Morgan fingerprint density at radius 3 is 1.96 bits per heavy atom. The van der Waals surface area contributed by atoms with Crippen LogP contribution in [-0.2, 0) is 5.41 Å². The van der Waals surface area contributed by atoms with Crippen LogP contribution < -0.4 is 4.74 Å². The molecule has 2 rings (SSSR count). The van der Waals surface area contributed by atoms with Crippen LogP contribution in [0, 0.1) is 13.8 Å². The number of thiol groups is 1. The van der Waals surface area contributed by atoms with E-state index in [4.69, 9.17) is 4.74 Å². The van der Waals surface area contributed by atoms with Crippen molar-refractivity contribution >= 4 is 24.0 Å². The van der Waals surface area contributed by atoms with Gasteiger partial charge in [0.25, 0.3) is 0 Å². The molecule has 0 aliphatic heterocycles. The zero-order valence-electron chi connectivity index (χ0n) is 18.6. The Morgan fingerprint density at radius 1 is 1.04 bits per heavy atom. The lowest BCUT2D eigenvalue weighted by Crippen LogP contribution is -2.25. The van der Waals surface area contributed by atoms with Crippen molar-refractivity contribution in [3.8, 4) is 5.75 Å². The number of hydrogen-bond donors (Lipinski definition) is 1. The molecule has 152 valence electrons. The molecule has 0 aliphatic carbocycles. The smallest absolute Gasteiger partial charge is 0.122 e. The molecule has 0 saturated carbocycles. The first-order valence-electron chi connectivity index (χ1n) is 9.98. The fourth-order valence-corrected chi connectivity index (χ4v) is 4.43. The first-order chi connectivity index (χ1) is 12.4. The molecule has 0 N–H and O–H groups in total. The van der Waals surface area contributed by atoms with Crippen molar-refractivity contribution in [2.45, 2.75) is 91.4 Å². The quantitative estimate of drug-likeness (QED) is 0.478. The Balaban J connectivity index is 0.000000646. The summed E-state index contributed by atoms with van der Waals surface area (Å²) in [5.41, 5.74) is 4.13. The highest BCUT2D eigenvalue weighted by Gasteiger charge is 2.32. The molecular weight excluding hydrogens is 368 g/mol. The van der Waals surface area contributed by atoms with Gasteiger partial charge in [0.1, 0.15) is 5.75 Å². The third kappa shape index (κ3) is 7.19. The molecule has 1 aromatic heterocycles. The number of thiophene rings is 1. The lowest BCUT2D eigenvalue weighted by atomic mass is 9.74. The fraction of sp³-hybridized carbons (Fsp3) is 0.583. The van der Waals surface area contributed by atoms with E-state index >= 15 is 0 Å². The van der Waals surface area contributed by atoms with Crippen LogP contribution in [0.2, 0.25) is 0 Å². The average molecular weight is 407 g/mol. The van der Waals surface area contributed by atoms with Gasteiger partial charge in [0.15, 0.2) is 0 Å². The normalized spacial score (nSPS) is 12.0. The van der Waals surface area contributed by atoms with Crippen LogP contribution in [0.25, 0.3) is 0 Å². The molecule has 1 aromatic carbocycles. The highest BCUT2D eigenvalue weighted by molar-refractivity contribution is 7.81. The van der Waals surface area contributed by atoms with Crippen LogP contribution in [0.1, 0.15) is 82.9 Å². The van der Waals surface area contributed by atoms with Gasteiger partial charge in [0.2, 0.25) is 0 Å². The summed E-state index contributed by atoms with van der Waals surface area (Å²) in [5.74, 6) is 1.00. The standard InChI is InChI=1S/C20H28OS.C4H10S/c1-7-20(8-2,19-11-15(5)13-22-19)17-9-10-18(16(6)12-17)21-14(3)4;1-4(2,3)5/h9-14H,7-8H2,1-6H3;5H,1-3H3. The highest BCUT2D eigenvalue weighted by Crippen LogP contribution is 2.42. The molecule has 0 unspecified atom stereocenters. The average Bonchev–Trinajstić information content (AvgIpc) is 2.96. The van der Waals surface area contributed by atoms with Gasteiger partial charge in [-0.3, -0.25) is 0 Å². The van der Waals surface area contributed by atoms with Crippen LogP contribution in [-0.4, -0.2) is 10.9 Å². The summed E-state index contributed by atoms with van der Waals surface area (Å²) in [5, 5.41) is 2.26. The Morgan fingerprint density at radius 2 is 1.59 bits per heavy atom. The molecule has 0 amide bonds. The van der Waals surface area contributed by atoms with Crippen molar-refractivity contribution in [2.75, 3.05) is 0 Å². The second-order valence-electron chi connectivity index (χ2n) is 8.60. The number of rotatable bonds is 6. The molecule has 0 radical (unpaired) electrons. The maximum Gasteiger partial charge on any atom is 0.122 e. The topological polar surface area (TPSA) is 9.23 Å². The summed E-state index contributed by atoms with van der Waals surface area (Å²) in [4.78, 5) is 1.48. The van der Waals surface area contributed by atoms with Crippen LogP contribution in [0.5, 0.6) is 5.75 Å². The second kappa shape index (κ2) is 10.0. The molecule has 3 heteroatoms. The van der Waals surface area contributed by atoms with Gasteiger partial charge in [0, 0.05) is 15.0 Å². The zero-order valence-corrected chi connectivity index (χ0v) is 20.4. The molecule has 27 heavy (non-hydrogen) atoms. The summed E-state index contributed by atoms with van der Waals surface area (Å²) < 4.78 is 6.09. The fourth-order valence-electron chi connectivity index (χ4n) is 3.16. The number of ether oxygens (including phenoxy) is 1. The Hall–Kier alpha value is -0.930. The minimum atomic E-state index is 0.125. The van der Waals surface area contributed by atoms with Gasteiger partial charge in [0.05, 0.1) is 6.10 Å². The summed E-state index contributed by atoms with van der Waals surface area (Å²) in [6.45, 7) is 19.2. The number of hydrogen-bond acceptors (Lipinski definition) is 3. The Bertz CT molecular complexity index is 697. The first-order valence-corrected chi connectivity index (χ1v) is 11.3. The van der Waals surface area contributed by atoms with E-state index in [-0.39, 0.29) is 16.3 Å². The van der Waals surface area contributed by atoms with Crippen LogP contribution in [0.3, 0.4) is 0 Å². The molecular formula is C24H38OS2. The first kappa shape index (κ1) is 24.1. The van der Waals surface area contributed by atoms with E-state index in [1.165, 1.54) is 21.6 Å². The van der Waals surface area contributed by atoms with Gasteiger partial charge >= 0.3 is 0 Å². The molecule has 0 saturated heterocycles. The van der Waals surface area contributed by atoms with Crippen molar-refractivity contribution in [3.05, 3.63) is 51.2 Å².